The molecule has 2 atom stereocenters. The van der Waals surface area contributed by atoms with Gasteiger partial charge in [0, 0.05) is 37.5 Å². The van der Waals surface area contributed by atoms with E-state index >= 15 is 0 Å². The van der Waals surface area contributed by atoms with Crippen molar-refractivity contribution in [3.63, 3.8) is 0 Å². The summed E-state index contributed by atoms with van der Waals surface area (Å²) >= 11 is 0. The lowest BCUT2D eigenvalue weighted by atomic mass is 9.86. The lowest BCUT2D eigenvalue weighted by Crippen LogP contribution is -2.51. The van der Waals surface area contributed by atoms with Crippen LogP contribution in [0.15, 0.2) is 55.1 Å². The third kappa shape index (κ3) is 4.02. The second-order valence-corrected chi connectivity index (χ2v) is 8.09. The SMILES string of the molecule is C=CCN1C[C@H]2COc3ccc(C)cc3[C@H]2N(C(=O)c2ccccc2OC)CCC1=O. The van der Waals surface area contributed by atoms with E-state index in [9.17, 15) is 9.59 Å². The normalized spacial score (nSPS) is 20.6. The molecule has 2 aliphatic heterocycles. The average Bonchev–Trinajstić information content (AvgIpc) is 2.78. The van der Waals surface area contributed by atoms with Crippen LogP contribution in [-0.4, -0.2) is 55.0 Å². The molecule has 0 spiro atoms. The first kappa shape index (κ1) is 21.0. The van der Waals surface area contributed by atoms with Gasteiger partial charge in [0.15, 0.2) is 0 Å². The Labute approximate surface area is 183 Å². The fraction of sp³-hybridized carbons (Fsp3) is 0.360. The highest BCUT2D eigenvalue weighted by molar-refractivity contribution is 5.97. The van der Waals surface area contributed by atoms with E-state index in [4.69, 9.17) is 9.47 Å². The largest absolute Gasteiger partial charge is 0.496 e. The first-order valence-corrected chi connectivity index (χ1v) is 10.6. The number of para-hydroxylation sites is 1. The van der Waals surface area contributed by atoms with Crippen LogP contribution in [0.1, 0.15) is 33.9 Å². The molecule has 2 amide bonds. The summed E-state index contributed by atoms with van der Waals surface area (Å²) in [6, 6.07) is 13.1. The van der Waals surface area contributed by atoms with Crippen molar-refractivity contribution >= 4 is 11.8 Å². The fourth-order valence-electron chi connectivity index (χ4n) is 4.58. The van der Waals surface area contributed by atoms with E-state index < -0.39 is 0 Å². The van der Waals surface area contributed by atoms with Crippen LogP contribution in [0.5, 0.6) is 11.5 Å². The first-order valence-electron chi connectivity index (χ1n) is 10.6. The molecule has 0 aromatic heterocycles. The summed E-state index contributed by atoms with van der Waals surface area (Å²) in [5.41, 5.74) is 2.60. The zero-order chi connectivity index (χ0) is 22.0. The fourth-order valence-corrected chi connectivity index (χ4v) is 4.58. The Hall–Kier alpha value is -3.28. The quantitative estimate of drug-likeness (QED) is 0.709. The van der Waals surface area contributed by atoms with Gasteiger partial charge >= 0.3 is 0 Å². The molecule has 0 unspecified atom stereocenters. The van der Waals surface area contributed by atoms with Gasteiger partial charge in [-0.25, -0.2) is 0 Å². The number of carbonyl (C=O) groups is 2. The van der Waals surface area contributed by atoms with Gasteiger partial charge < -0.3 is 19.3 Å². The van der Waals surface area contributed by atoms with Gasteiger partial charge in [0.2, 0.25) is 5.91 Å². The van der Waals surface area contributed by atoms with E-state index in [-0.39, 0.29) is 30.2 Å². The summed E-state index contributed by atoms with van der Waals surface area (Å²) in [5.74, 6) is 1.17. The van der Waals surface area contributed by atoms with Crippen molar-refractivity contribution in [1.82, 2.24) is 9.80 Å². The summed E-state index contributed by atoms with van der Waals surface area (Å²) in [6.45, 7) is 7.60. The third-order valence-electron chi connectivity index (χ3n) is 6.04. The van der Waals surface area contributed by atoms with E-state index in [1.807, 2.05) is 41.0 Å². The molecule has 31 heavy (non-hydrogen) atoms. The predicted octanol–water partition coefficient (Wildman–Crippen LogP) is 3.61. The van der Waals surface area contributed by atoms with Crippen LogP contribution in [0.3, 0.4) is 0 Å². The topological polar surface area (TPSA) is 59.1 Å². The summed E-state index contributed by atoms with van der Waals surface area (Å²) in [4.78, 5) is 30.3. The second-order valence-electron chi connectivity index (χ2n) is 8.09. The van der Waals surface area contributed by atoms with Crippen molar-refractivity contribution in [1.29, 1.82) is 0 Å². The minimum absolute atomic E-state index is 0.0196. The highest BCUT2D eigenvalue weighted by Crippen LogP contribution is 2.42. The minimum atomic E-state index is -0.193. The number of ether oxygens (including phenoxy) is 2. The Morgan fingerprint density at radius 2 is 2.10 bits per heavy atom. The summed E-state index contributed by atoms with van der Waals surface area (Å²) in [5, 5.41) is 0. The average molecular weight is 421 g/mol. The molecule has 6 heteroatoms. The van der Waals surface area contributed by atoms with Crippen molar-refractivity contribution in [2.24, 2.45) is 5.92 Å². The zero-order valence-electron chi connectivity index (χ0n) is 18.0. The monoisotopic (exact) mass is 420 g/mol. The molecule has 0 saturated carbocycles. The lowest BCUT2D eigenvalue weighted by Gasteiger charge is -2.44. The van der Waals surface area contributed by atoms with E-state index in [1.165, 1.54) is 0 Å². The maximum atomic E-state index is 13.8. The number of benzene rings is 2. The zero-order valence-corrected chi connectivity index (χ0v) is 18.0. The summed E-state index contributed by atoms with van der Waals surface area (Å²) in [6.07, 6.45) is 2.01. The molecule has 1 saturated heterocycles. The Balaban J connectivity index is 1.80. The molecule has 2 heterocycles. The smallest absolute Gasteiger partial charge is 0.258 e. The van der Waals surface area contributed by atoms with Crippen LogP contribution in [0, 0.1) is 12.8 Å². The molecule has 0 N–H and O–H groups in total. The number of carbonyl (C=O) groups excluding carboxylic acids is 2. The van der Waals surface area contributed by atoms with Crippen LogP contribution in [0.4, 0.5) is 0 Å². The maximum absolute atomic E-state index is 13.8. The van der Waals surface area contributed by atoms with Crippen molar-refractivity contribution in [2.75, 3.05) is 33.4 Å². The molecular weight excluding hydrogens is 392 g/mol. The Kier molecular flexibility index (Phi) is 5.98. The van der Waals surface area contributed by atoms with Crippen LogP contribution in [0.2, 0.25) is 0 Å². The number of methoxy groups -OCH3 is 1. The van der Waals surface area contributed by atoms with Gasteiger partial charge in [-0.15, -0.1) is 6.58 Å². The van der Waals surface area contributed by atoms with Gasteiger partial charge in [-0.3, -0.25) is 9.59 Å². The molecule has 0 bridgehead atoms. The van der Waals surface area contributed by atoms with E-state index in [1.54, 1.807) is 25.3 Å². The van der Waals surface area contributed by atoms with E-state index in [0.29, 0.717) is 37.6 Å². The molecule has 4 rings (SSSR count). The van der Waals surface area contributed by atoms with Crippen LogP contribution < -0.4 is 9.47 Å². The first-order chi connectivity index (χ1) is 15.0. The highest BCUT2D eigenvalue weighted by atomic mass is 16.5. The van der Waals surface area contributed by atoms with Gasteiger partial charge in [0.05, 0.1) is 25.3 Å². The van der Waals surface area contributed by atoms with Crippen LogP contribution in [-0.2, 0) is 4.79 Å². The molecule has 6 nitrogen and oxygen atoms in total. The van der Waals surface area contributed by atoms with E-state index in [2.05, 4.69) is 12.6 Å². The number of hydrogen-bond donors (Lipinski definition) is 0. The number of nitrogens with zero attached hydrogens (tertiary/aromatic N) is 2. The van der Waals surface area contributed by atoms with Crippen LogP contribution in [0.25, 0.3) is 0 Å². The molecule has 2 aromatic rings. The summed E-state index contributed by atoms with van der Waals surface area (Å²) < 4.78 is 11.5. The number of rotatable bonds is 4. The minimum Gasteiger partial charge on any atom is -0.496 e. The lowest BCUT2D eigenvalue weighted by molar-refractivity contribution is -0.133. The van der Waals surface area contributed by atoms with Gasteiger partial charge in [0.25, 0.3) is 5.91 Å². The number of amides is 2. The molecule has 2 aliphatic rings. The number of hydrogen-bond acceptors (Lipinski definition) is 4. The van der Waals surface area contributed by atoms with Crippen molar-refractivity contribution in [3.8, 4) is 11.5 Å². The van der Waals surface area contributed by atoms with Gasteiger partial charge in [-0.05, 0) is 25.1 Å². The molecule has 162 valence electrons. The van der Waals surface area contributed by atoms with Crippen molar-refractivity contribution in [2.45, 2.75) is 19.4 Å². The third-order valence-corrected chi connectivity index (χ3v) is 6.04. The van der Waals surface area contributed by atoms with Gasteiger partial charge in [0.1, 0.15) is 11.5 Å². The van der Waals surface area contributed by atoms with E-state index in [0.717, 1.165) is 16.9 Å². The molecule has 2 aromatic carbocycles. The second kappa shape index (κ2) is 8.84. The predicted molar refractivity (Wildman–Crippen MR) is 118 cm³/mol. The molecule has 1 fully saturated rings. The standard InChI is InChI=1S/C25H28N2O4/c1-4-12-26-15-18-16-31-22-10-9-17(2)14-20(22)24(18)27(13-11-23(26)28)25(29)19-7-5-6-8-21(19)30-3/h4-10,14,18,24H,1,11-13,15-16H2,2-3H3/t18-,24-/m0/s1. The van der Waals surface area contributed by atoms with Crippen LogP contribution >= 0.6 is 0 Å². The molecule has 0 radical (unpaired) electrons. The highest BCUT2D eigenvalue weighted by Gasteiger charge is 2.41. The van der Waals surface area contributed by atoms with Crippen molar-refractivity contribution < 1.29 is 19.1 Å². The van der Waals surface area contributed by atoms with Crippen molar-refractivity contribution in [3.05, 3.63) is 71.8 Å². The Morgan fingerprint density at radius 3 is 2.87 bits per heavy atom. The number of fused-ring (bicyclic) bond motifs is 3. The molecule has 0 aliphatic carbocycles. The van der Waals surface area contributed by atoms with Gasteiger partial charge in [-0.2, -0.15) is 0 Å². The molecular formula is C25H28N2O4. The van der Waals surface area contributed by atoms with Gasteiger partial charge in [-0.1, -0.05) is 35.9 Å². The number of aryl methyl sites for hydroxylation is 1. The Bertz CT molecular complexity index is 1000. The summed E-state index contributed by atoms with van der Waals surface area (Å²) in [7, 11) is 1.56. The Morgan fingerprint density at radius 1 is 1.29 bits per heavy atom. The maximum Gasteiger partial charge on any atom is 0.258 e.